The molecule has 0 spiro atoms. The highest BCUT2D eigenvalue weighted by Crippen LogP contribution is 2.22. The molecule has 2 amide bonds. The van der Waals surface area contributed by atoms with E-state index in [1.165, 1.54) is 4.90 Å². The zero-order valence-corrected chi connectivity index (χ0v) is 18.4. The summed E-state index contributed by atoms with van der Waals surface area (Å²) in [7, 11) is 0. The third kappa shape index (κ3) is 6.65. The van der Waals surface area contributed by atoms with Crippen LogP contribution in [0.2, 0.25) is 10.0 Å². The van der Waals surface area contributed by atoms with E-state index in [1.54, 1.807) is 31.2 Å². The van der Waals surface area contributed by atoms with Gasteiger partial charge in [-0.25, -0.2) is 0 Å². The van der Waals surface area contributed by atoms with Crippen molar-refractivity contribution in [3.05, 3.63) is 63.6 Å². The Bertz CT molecular complexity index is 858. The fraction of sp³-hybridized carbons (Fsp3) is 0.364. The van der Waals surface area contributed by atoms with Gasteiger partial charge in [0.15, 0.2) is 6.61 Å². The highest BCUT2D eigenvalue weighted by molar-refractivity contribution is 6.31. The molecule has 0 aliphatic heterocycles. The van der Waals surface area contributed by atoms with Crippen molar-refractivity contribution < 1.29 is 14.3 Å². The van der Waals surface area contributed by atoms with Crippen molar-refractivity contribution in [2.45, 2.75) is 39.8 Å². The van der Waals surface area contributed by atoms with Gasteiger partial charge >= 0.3 is 0 Å². The summed E-state index contributed by atoms with van der Waals surface area (Å²) in [6.45, 7) is 6.10. The van der Waals surface area contributed by atoms with Crippen molar-refractivity contribution >= 4 is 35.0 Å². The van der Waals surface area contributed by atoms with Crippen molar-refractivity contribution in [2.24, 2.45) is 0 Å². The molecule has 0 saturated carbocycles. The molecule has 7 heteroatoms. The predicted molar refractivity (Wildman–Crippen MR) is 116 cm³/mol. The summed E-state index contributed by atoms with van der Waals surface area (Å²) >= 11 is 12.3. The number of hydrogen-bond acceptors (Lipinski definition) is 3. The van der Waals surface area contributed by atoms with Crippen LogP contribution < -0.4 is 10.1 Å². The smallest absolute Gasteiger partial charge is 0.261 e. The van der Waals surface area contributed by atoms with Crippen molar-refractivity contribution in [1.82, 2.24) is 10.2 Å². The number of hydrogen-bond donors (Lipinski definition) is 1. The quantitative estimate of drug-likeness (QED) is 0.623. The fourth-order valence-electron chi connectivity index (χ4n) is 2.72. The van der Waals surface area contributed by atoms with Crippen LogP contribution in [0.15, 0.2) is 42.5 Å². The Hall–Kier alpha value is -2.24. The van der Waals surface area contributed by atoms with Crippen LogP contribution in [0.5, 0.6) is 5.75 Å². The third-order valence-electron chi connectivity index (χ3n) is 4.51. The Morgan fingerprint density at radius 3 is 2.52 bits per heavy atom. The van der Waals surface area contributed by atoms with Crippen LogP contribution in [-0.4, -0.2) is 35.9 Å². The van der Waals surface area contributed by atoms with Crippen molar-refractivity contribution in [2.75, 3.05) is 13.2 Å². The van der Waals surface area contributed by atoms with Crippen molar-refractivity contribution in [3.8, 4) is 5.75 Å². The lowest BCUT2D eigenvalue weighted by atomic mass is 10.1. The summed E-state index contributed by atoms with van der Waals surface area (Å²) in [5.41, 5.74) is 1.62. The monoisotopic (exact) mass is 436 g/mol. The van der Waals surface area contributed by atoms with Gasteiger partial charge in [0.05, 0.1) is 0 Å². The lowest BCUT2D eigenvalue weighted by Crippen LogP contribution is -2.49. The molecule has 0 saturated heterocycles. The molecule has 1 N–H and O–H groups in total. The maximum Gasteiger partial charge on any atom is 0.261 e. The molecular formula is C22H26Cl2N2O3. The number of amides is 2. The molecule has 2 aromatic carbocycles. The minimum Gasteiger partial charge on any atom is -0.484 e. The second kappa shape index (κ2) is 11.1. The van der Waals surface area contributed by atoms with E-state index in [-0.39, 0.29) is 25.0 Å². The summed E-state index contributed by atoms with van der Waals surface area (Å²) in [5, 5.41) is 4.01. The zero-order valence-electron chi connectivity index (χ0n) is 16.9. The lowest BCUT2D eigenvalue weighted by molar-refractivity contribution is -0.142. The molecule has 0 aromatic heterocycles. The fourth-order valence-corrected chi connectivity index (χ4v) is 3.04. The van der Waals surface area contributed by atoms with E-state index in [9.17, 15) is 9.59 Å². The maximum atomic E-state index is 13.0. The number of benzene rings is 2. The van der Waals surface area contributed by atoms with Crippen LogP contribution in [0, 0.1) is 6.92 Å². The number of nitrogens with zero attached hydrogens (tertiary/aromatic N) is 1. The van der Waals surface area contributed by atoms with Gasteiger partial charge in [-0.1, -0.05) is 48.3 Å². The molecule has 2 rings (SSSR count). The highest BCUT2D eigenvalue weighted by atomic mass is 35.5. The Morgan fingerprint density at radius 1 is 1.14 bits per heavy atom. The molecule has 0 aliphatic carbocycles. The standard InChI is InChI=1S/C22H26Cl2N2O3/c1-4-11-25-22(28)16(3)26(13-17-7-5-6-8-20(17)24)21(27)14-29-18-9-10-19(23)15(2)12-18/h5-10,12,16H,4,11,13-14H2,1-3H3,(H,25,28). The molecule has 5 nitrogen and oxygen atoms in total. The summed E-state index contributed by atoms with van der Waals surface area (Å²) < 4.78 is 5.65. The summed E-state index contributed by atoms with van der Waals surface area (Å²) in [5.74, 6) is 0.0206. The van der Waals surface area contributed by atoms with E-state index in [4.69, 9.17) is 27.9 Å². The van der Waals surface area contributed by atoms with Crippen LogP contribution in [0.4, 0.5) is 0 Å². The molecule has 0 aliphatic rings. The second-order valence-corrected chi connectivity index (χ2v) is 7.59. The van der Waals surface area contributed by atoms with Crippen molar-refractivity contribution in [1.29, 1.82) is 0 Å². The number of carbonyl (C=O) groups is 2. The molecule has 0 fully saturated rings. The van der Waals surface area contributed by atoms with Crippen LogP contribution in [0.25, 0.3) is 0 Å². The summed E-state index contributed by atoms with van der Waals surface area (Å²) in [6, 6.07) is 11.8. The Balaban J connectivity index is 2.15. The minimum atomic E-state index is -0.666. The van der Waals surface area contributed by atoms with Gasteiger partial charge in [0.1, 0.15) is 11.8 Å². The number of nitrogens with one attached hydrogen (secondary N) is 1. The summed E-state index contributed by atoms with van der Waals surface area (Å²) in [4.78, 5) is 26.9. The highest BCUT2D eigenvalue weighted by Gasteiger charge is 2.26. The number of halogens is 2. The zero-order chi connectivity index (χ0) is 21.4. The van der Waals surface area contributed by atoms with E-state index >= 15 is 0 Å². The predicted octanol–water partition coefficient (Wildman–Crippen LogP) is 4.62. The number of aryl methyl sites for hydroxylation is 1. The first-order valence-electron chi connectivity index (χ1n) is 9.53. The molecule has 1 atom stereocenters. The Labute approximate surface area is 181 Å². The van der Waals surface area contributed by atoms with Gasteiger partial charge in [-0.05, 0) is 55.7 Å². The Kier molecular flexibility index (Phi) is 8.80. The van der Waals surface area contributed by atoms with Gasteiger partial charge in [-0.2, -0.15) is 0 Å². The van der Waals surface area contributed by atoms with Crippen LogP contribution >= 0.6 is 23.2 Å². The van der Waals surface area contributed by atoms with Crippen LogP contribution in [-0.2, 0) is 16.1 Å². The van der Waals surface area contributed by atoms with Gasteiger partial charge < -0.3 is 15.0 Å². The first-order chi connectivity index (χ1) is 13.8. The van der Waals surface area contributed by atoms with Gasteiger partial charge in [0, 0.05) is 23.1 Å². The molecule has 0 heterocycles. The molecule has 156 valence electrons. The SMILES string of the molecule is CCCNC(=O)C(C)N(Cc1ccccc1Cl)C(=O)COc1ccc(Cl)c(C)c1. The van der Waals surface area contributed by atoms with E-state index < -0.39 is 6.04 Å². The topological polar surface area (TPSA) is 58.6 Å². The average Bonchev–Trinajstić information content (AvgIpc) is 2.71. The van der Waals surface area contributed by atoms with E-state index in [0.29, 0.717) is 22.3 Å². The molecule has 0 radical (unpaired) electrons. The second-order valence-electron chi connectivity index (χ2n) is 6.78. The number of carbonyl (C=O) groups excluding carboxylic acids is 2. The largest absolute Gasteiger partial charge is 0.484 e. The third-order valence-corrected chi connectivity index (χ3v) is 5.30. The molecular weight excluding hydrogens is 411 g/mol. The Morgan fingerprint density at radius 2 is 1.86 bits per heavy atom. The first-order valence-corrected chi connectivity index (χ1v) is 10.3. The van der Waals surface area contributed by atoms with Crippen LogP contribution in [0.1, 0.15) is 31.4 Å². The molecule has 2 aromatic rings. The minimum absolute atomic E-state index is 0.197. The summed E-state index contributed by atoms with van der Waals surface area (Å²) in [6.07, 6.45) is 0.815. The average molecular weight is 437 g/mol. The number of ether oxygens (including phenoxy) is 1. The van der Waals surface area contributed by atoms with E-state index in [1.807, 2.05) is 32.0 Å². The molecule has 0 bridgehead atoms. The first kappa shape index (κ1) is 23.0. The van der Waals surface area contributed by atoms with Crippen LogP contribution in [0.3, 0.4) is 0 Å². The van der Waals surface area contributed by atoms with E-state index in [0.717, 1.165) is 17.5 Å². The molecule has 29 heavy (non-hydrogen) atoms. The van der Waals surface area contributed by atoms with Crippen molar-refractivity contribution in [3.63, 3.8) is 0 Å². The van der Waals surface area contributed by atoms with Gasteiger partial charge in [0.25, 0.3) is 5.91 Å². The van der Waals surface area contributed by atoms with Gasteiger partial charge in [0.2, 0.25) is 5.91 Å². The lowest BCUT2D eigenvalue weighted by Gasteiger charge is -2.29. The normalized spacial score (nSPS) is 11.6. The maximum absolute atomic E-state index is 13.0. The molecule has 1 unspecified atom stereocenters. The van der Waals surface area contributed by atoms with E-state index in [2.05, 4.69) is 5.32 Å². The number of rotatable bonds is 9. The van der Waals surface area contributed by atoms with Gasteiger partial charge in [-0.15, -0.1) is 0 Å². The van der Waals surface area contributed by atoms with Gasteiger partial charge in [-0.3, -0.25) is 9.59 Å².